The average molecular weight is 281 g/mol. The van der Waals surface area contributed by atoms with Gasteiger partial charge in [0.05, 0.1) is 6.54 Å². The number of carbonyl (C=O) groups is 2. The molecule has 0 fully saturated rings. The van der Waals surface area contributed by atoms with E-state index >= 15 is 0 Å². The van der Waals surface area contributed by atoms with Crippen LogP contribution in [0.3, 0.4) is 0 Å². The third-order valence-corrected chi connectivity index (χ3v) is 1.13. The number of nitrogens with zero attached hydrogens (tertiary/aromatic N) is 1. The summed E-state index contributed by atoms with van der Waals surface area (Å²) in [5.41, 5.74) is 9.94. The Labute approximate surface area is 149 Å². The quantitative estimate of drug-likeness (QED) is 0.197. The maximum Gasteiger partial charge on any atom is 1.00 e. The zero-order valence-corrected chi connectivity index (χ0v) is 14.9. The van der Waals surface area contributed by atoms with Crippen molar-refractivity contribution in [2.24, 2.45) is 16.5 Å². The molecular formula is C7H13N3Na2O4S. The fraction of sp³-hybridized carbons (Fsp3) is 0.571. The molecule has 0 spiro atoms. The number of carbonyl (C=O) groups excluding carboxylic acids is 2. The largest absolute Gasteiger partial charge is 1.00 e. The van der Waals surface area contributed by atoms with Gasteiger partial charge in [0.25, 0.3) is 0 Å². The molecule has 0 aromatic carbocycles. The van der Waals surface area contributed by atoms with Gasteiger partial charge < -0.3 is 31.3 Å². The van der Waals surface area contributed by atoms with E-state index in [1.54, 1.807) is 0 Å². The van der Waals surface area contributed by atoms with Gasteiger partial charge in [-0.15, -0.1) is 0 Å². The van der Waals surface area contributed by atoms with E-state index in [0.717, 1.165) is 0 Å². The molecule has 0 saturated heterocycles. The van der Waals surface area contributed by atoms with E-state index in [1.165, 1.54) is 0 Å². The van der Waals surface area contributed by atoms with E-state index in [0.29, 0.717) is 12.3 Å². The van der Waals surface area contributed by atoms with Crippen molar-refractivity contribution >= 4 is 30.5 Å². The van der Waals surface area contributed by atoms with Crippen LogP contribution in [0.2, 0.25) is 0 Å². The maximum atomic E-state index is 9.50. The molecule has 10 heteroatoms. The Hall–Kier alpha value is 0.560. The summed E-state index contributed by atoms with van der Waals surface area (Å²) in [5.74, 6) is -1.91. The molecule has 0 aliphatic carbocycles. The Kier molecular flexibility index (Phi) is 29.1. The van der Waals surface area contributed by atoms with E-state index in [9.17, 15) is 19.8 Å². The van der Waals surface area contributed by atoms with Gasteiger partial charge in [0.15, 0.2) is 5.96 Å². The summed E-state index contributed by atoms with van der Waals surface area (Å²) in [5, 5.41) is 19.0. The number of hydrogen-bond acceptors (Lipinski definition) is 6. The van der Waals surface area contributed by atoms with Crippen LogP contribution in [0.25, 0.3) is 0 Å². The SMILES string of the molecule is NC(N)=NCCS.O=C([O-])CCC(=O)[O-].[Na+].[Na+]. The number of rotatable bonds is 5. The Bertz CT molecular complexity index is 223. The molecule has 0 radical (unpaired) electrons. The molecule has 0 unspecified atom stereocenters. The van der Waals surface area contributed by atoms with Crippen LogP contribution in [0.1, 0.15) is 12.8 Å². The first-order chi connectivity index (χ1) is 6.90. The first-order valence-corrected chi connectivity index (χ1v) is 4.59. The molecule has 0 rings (SSSR count). The minimum Gasteiger partial charge on any atom is -0.550 e. The smallest absolute Gasteiger partial charge is 0.550 e. The molecule has 0 aliphatic rings. The summed E-state index contributed by atoms with van der Waals surface area (Å²) in [7, 11) is 0. The molecular weight excluding hydrogens is 268 g/mol. The number of aliphatic imine (C=N–C) groups is 1. The zero-order chi connectivity index (χ0) is 12.3. The second-order valence-electron chi connectivity index (χ2n) is 2.27. The predicted octanol–water partition coefficient (Wildman–Crippen LogP) is -9.54. The Morgan fingerprint density at radius 3 is 1.53 bits per heavy atom. The molecule has 4 N–H and O–H groups in total. The number of carboxylic acids is 2. The summed E-state index contributed by atoms with van der Waals surface area (Å²) in [6.07, 6.45) is -0.940. The van der Waals surface area contributed by atoms with Crippen LogP contribution in [0.15, 0.2) is 4.99 Å². The topological polar surface area (TPSA) is 145 Å². The van der Waals surface area contributed by atoms with Crippen LogP contribution in [0.4, 0.5) is 0 Å². The number of hydrogen-bond donors (Lipinski definition) is 3. The van der Waals surface area contributed by atoms with Gasteiger partial charge in [0.1, 0.15) is 0 Å². The van der Waals surface area contributed by atoms with Crippen LogP contribution in [0.5, 0.6) is 0 Å². The molecule has 0 saturated carbocycles. The monoisotopic (exact) mass is 281 g/mol. The van der Waals surface area contributed by atoms with Gasteiger partial charge >= 0.3 is 59.1 Å². The fourth-order valence-electron chi connectivity index (χ4n) is 0.383. The normalized spacial score (nSPS) is 7.35. The molecule has 0 amide bonds. The minimum absolute atomic E-state index is 0. The van der Waals surface area contributed by atoms with Crippen molar-refractivity contribution < 1.29 is 78.9 Å². The first-order valence-electron chi connectivity index (χ1n) is 3.96. The van der Waals surface area contributed by atoms with Gasteiger partial charge in [-0.05, 0) is 12.8 Å². The Morgan fingerprint density at radius 2 is 1.41 bits per heavy atom. The molecule has 7 nitrogen and oxygen atoms in total. The first kappa shape index (κ1) is 26.2. The summed E-state index contributed by atoms with van der Waals surface area (Å²) in [6.45, 7) is 0.603. The van der Waals surface area contributed by atoms with Gasteiger partial charge in [-0.25, -0.2) is 0 Å². The fourth-order valence-corrected chi connectivity index (χ4v) is 0.483. The molecule has 0 heterocycles. The maximum absolute atomic E-state index is 9.50. The number of carboxylic acid groups (broad SMARTS) is 2. The van der Waals surface area contributed by atoms with Crippen LogP contribution in [-0.4, -0.2) is 30.2 Å². The number of aliphatic carboxylic acids is 2. The number of thiol groups is 1. The van der Waals surface area contributed by atoms with Crippen LogP contribution < -0.4 is 80.8 Å². The second-order valence-corrected chi connectivity index (χ2v) is 2.72. The van der Waals surface area contributed by atoms with Crippen LogP contribution >= 0.6 is 12.6 Å². The molecule has 0 aliphatic heterocycles. The van der Waals surface area contributed by atoms with E-state index in [4.69, 9.17) is 11.5 Å². The third-order valence-electron chi connectivity index (χ3n) is 0.928. The van der Waals surface area contributed by atoms with Crippen molar-refractivity contribution in [3.05, 3.63) is 0 Å². The number of guanidine groups is 1. The summed E-state index contributed by atoms with van der Waals surface area (Å²) >= 11 is 3.88. The zero-order valence-electron chi connectivity index (χ0n) is 10.0. The van der Waals surface area contributed by atoms with Crippen LogP contribution in [0, 0.1) is 0 Å². The molecule has 17 heavy (non-hydrogen) atoms. The Balaban J connectivity index is -0.0000000896. The van der Waals surface area contributed by atoms with E-state index < -0.39 is 24.8 Å². The second kappa shape index (κ2) is 18.9. The summed E-state index contributed by atoms with van der Waals surface area (Å²) in [6, 6.07) is 0. The predicted molar refractivity (Wildman–Crippen MR) is 53.8 cm³/mol. The summed E-state index contributed by atoms with van der Waals surface area (Å²) in [4.78, 5) is 22.6. The molecule has 88 valence electrons. The average Bonchev–Trinajstić information content (AvgIpc) is 2.12. The van der Waals surface area contributed by atoms with Crippen molar-refractivity contribution in [2.75, 3.05) is 12.3 Å². The van der Waals surface area contributed by atoms with Crippen LogP contribution in [-0.2, 0) is 9.59 Å². The Morgan fingerprint density at radius 1 is 1.06 bits per heavy atom. The standard InChI is InChI=1S/C4H6O4.C3H9N3S.2Na/c5-3(6)1-2-4(7)8;4-3(5)6-1-2-7;;/h1-2H2,(H,5,6)(H,7,8);7H,1-2H2,(H4,4,5,6);;/q;;2*+1/p-2. The van der Waals surface area contributed by atoms with Gasteiger partial charge in [-0.3, -0.25) is 4.99 Å². The minimum atomic E-state index is -1.37. The van der Waals surface area contributed by atoms with E-state index in [2.05, 4.69) is 17.6 Å². The third kappa shape index (κ3) is 38.4. The molecule has 0 bridgehead atoms. The van der Waals surface area contributed by atoms with E-state index in [1.807, 2.05) is 0 Å². The molecule has 0 aromatic rings. The van der Waals surface area contributed by atoms with Gasteiger partial charge in [-0.1, -0.05) is 0 Å². The summed E-state index contributed by atoms with van der Waals surface area (Å²) < 4.78 is 0. The number of nitrogens with two attached hydrogens (primary N) is 2. The molecule has 0 atom stereocenters. The van der Waals surface area contributed by atoms with Gasteiger partial charge in [-0.2, -0.15) is 12.6 Å². The van der Waals surface area contributed by atoms with Crippen molar-refractivity contribution in [1.82, 2.24) is 0 Å². The van der Waals surface area contributed by atoms with Crippen molar-refractivity contribution in [3.63, 3.8) is 0 Å². The van der Waals surface area contributed by atoms with Crippen molar-refractivity contribution in [3.8, 4) is 0 Å². The molecule has 0 aromatic heterocycles. The van der Waals surface area contributed by atoms with E-state index in [-0.39, 0.29) is 65.1 Å². The van der Waals surface area contributed by atoms with Gasteiger partial charge in [0.2, 0.25) is 0 Å². The van der Waals surface area contributed by atoms with Crippen molar-refractivity contribution in [1.29, 1.82) is 0 Å². The van der Waals surface area contributed by atoms with Gasteiger partial charge in [0, 0.05) is 17.7 Å². The van der Waals surface area contributed by atoms with Crippen molar-refractivity contribution in [2.45, 2.75) is 12.8 Å².